The van der Waals surface area contributed by atoms with E-state index in [1.807, 2.05) is 45.0 Å². The third-order valence-corrected chi connectivity index (χ3v) is 4.48. The Balaban J connectivity index is 1.96. The smallest absolute Gasteiger partial charge is 0.244 e. The second-order valence-electron chi connectivity index (χ2n) is 7.51. The third-order valence-electron chi connectivity index (χ3n) is 4.48. The molecule has 1 aliphatic heterocycles. The number of aliphatic hydroxyl groups is 1. The number of anilines is 1. The van der Waals surface area contributed by atoms with Crippen molar-refractivity contribution >= 4 is 23.6 Å². The Morgan fingerprint density at radius 2 is 2.00 bits per heavy atom. The van der Waals surface area contributed by atoms with E-state index in [1.165, 1.54) is 6.08 Å². The molecule has 1 aromatic carbocycles. The molecule has 2 rings (SSSR count). The molecule has 0 radical (unpaired) electrons. The lowest BCUT2D eigenvalue weighted by molar-refractivity contribution is -0.118. The van der Waals surface area contributed by atoms with E-state index in [0.717, 1.165) is 24.2 Å². The second kappa shape index (κ2) is 8.30. The molecular weight excluding hydrogens is 316 g/mol. The number of hydrogen-bond acceptors (Lipinski definition) is 3. The summed E-state index contributed by atoms with van der Waals surface area (Å²) in [5.74, 6) is -0.00746. The lowest BCUT2D eigenvalue weighted by atomic mass is 9.85. The van der Waals surface area contributed by atoms with Crippen LogP contribution < -0.4 is 10.2 Å². The van der Waals surface area contributed by atoms with E-state index >= 15 is 0 Å². The van der Waals surface area contributed by atoms with Crippen LogP contribution in [-0.4, -0.2) is 36.1 Å². The Morgan fingerprint density at radius 3 is 2.52 bits per heavy atom. The first-order valence-electron chi connectivity index (χ1n) is 8.81. The SMILES string of the molecule is CC(C)(C)C(CCO)NC(=O)/C=C/c1ccc(N2CCCC2=O)cc1. The molecule has 1 atom stereocenters. The van der Waals surface area contributed by atoms with E-state index in [1.54, 1.807) is 11.0 Å². The van der Waals surface area contributed by atoms with E-state index in [2.05, 4.69) is 5.32 Å². The van der Waals surface area contributed by atoms with Crippen LogP contribution in [0.2, 0.25) is 0 Å². The molecule has 1 aliphatic rings. The Labute approximate surface area is 149 Å². The van der Waals surface area contributed by atoms with Crippen LogP contribution in [0.5, 0.6) is 0 Å². The summed E-state index contributed by atoms with van der Waals surface area (Å²) in [5.41, 5.74) is 1.69. The molecule has 0 saturated carbocycles. The molecule has 0 bridgehead atoms. The Morgan fingerprint density at radius 1 is 1.32 bits per heavy atom. The number of benzene rings is 1. The van der Waals surface area contributed by atoms with Crippen molar-refractivity contribution in [3.8, 4) is 0 Å². The summed E-state index contributed by atoms with van der Waals surface area (Å²) < 4.78 is 0. The summed E-state index contributed by atoms with van der Waals surface area (Å²) in [4.78, 5) is 25.7. The zero-order valence-electron chi connectivity index (χ0n) is 15.3. The summed E-state index contributed by atoms with van der Waals surface area (Å²) in [7, 11) is 0. The summed E-state index contributed by atoms with van der Waals surface area (Å²) >= 11 is 0. The highest BCUT2D eigenvalue weighted by Gasteiger charge is 2.25. The molecule has 2 N–H and O–H groups in total. The van der Waals surface area contributed by atoms with Gasteiger partial charge in [0.15, 0.2) is 0 Å². The van der Waals surface area contributed by atoms with Crippen molar-refractivity contribution in [3.63, 3.8) is 0 Å². The van der Waals surface area contributed by atoms with E-state index in [9.17, 15) is 9.59 Å². The highest BCUT2D eigenvalue weighted by Crippen LogP contribution is 2.23. The van der Waals surface area contributed by atoms with Crippen LogP contribution in [0, 0.1) is 5.41 Å². The van der Waals surface area contributed by atoms with E-state index in [-0.39, 0.29) is 29.9 Å². The molecule has 2 amide bonds. The molecule has 5 nitrogen and oxygen atoms in total. The van der Waals surface area contributed by atoms with E-state index < -0.39 is 0 Å². The van der Waals surface area contributed by atoms with Crippen LogP contribution in [0.3, 0.4) is 0 Å². The van der Waals surface area contributed by atoms with E-state index in [4.69, 9.17) is 5.11 Å². The molecule has 5 heteroatoms. The zero-order valence-corrected chi connectivity index (χ0v) is 15.3. The first-order chi connectivity index (χ1) is 11.8. The highest BCUT2D eigenvalue weighted by atomic mass is 16.3. The highest BCUT2D eigenvalue weighted by molar-refractivity contribution is 5.95. The minimum atomic E-state index is -0.174. The van der Waals surface area contributed by atoms with Gasteiger partial charge in [-0.15, -0.1) is 0 Å². The molecule has 1 fully saturated rings. The van der Waals surface area contributed by atoms with Crippen molar-refractivity contribution in [1.82, 2.24) is 5.32 Å². The lowest BCUT2D eigenvalue weighted by Crippen LogP contribution is -2.43. The molecule has 136 valence electrons. The number of amides is 2. The third kappa shape index (κ3) is 5.43. The number of rotatable bonds is 6. The predicted octanol–water partition coefficient (Wildman–Crippen LogP) is 2.74. The molecule has 1 aromatic rings. The lowest BCUT2D eigenvalue weighted by Gasteiger charge is -2.30. The summed E-state index contributed by atoms with van der Waals surface area (Å²) in [5, 5.41) is 12.1. The van der Waals surface area contributed by atoms with Gasteiger partial charge in [-0.1, -0.05) is 32.9 Å². The van der Waals surface area contributed by atoms with Crippen LogP contribution >= 0.6 is 0 Å². The van der Waals surface area contributed by atoms with Gasteiger partial charge in [-0.2, -0.15) is 0 Å². The van der Waals surface area contributed by atoms with Crippen molar-refractivity contribution in [2.45, 2.75) is 46.1 Å². The fourth-order valence-corrected chi connectivity index (χ4v) is 2.93. The van der Waals surface area contributed by atoms with E-state index in [0.29, 0.717) is 12.8 Å². The maximum absolute atomic E-state index is 12.1. The number of nitrogens with one attached hydrogen (secondary N) is 1. The average molecular weight is 344 g/mol. The summed E-state index contributed by atoms with van der Waals surface area (Å²) in [6, 6.07) is 7.53. The summed E-state index contributed by atoms with van der Waals surface area (Å²) in [6.07, 6.45) is 5.31. The molecular formula is C20H28N2O3. The number of aliphatic hydroxyl groups excluding tert-OH is 1. The zero-order chi connectivity index (χ0) is 18.4. The minimum Gasteiger partial charge on any atom is -0.396 e. The maximum atomic E-state index is 12.1. The molecule has 1 unspecified atom stereocenters. The number of carbonyl (C=O) groups is 2. The fourth-order valence-electron chi connectivity index (χ4n) is 2.93. The largest absolute Gasteiger partial charge is 0.396 e. The van der Waals surface area contributed by atoms with Gasteiger partial charge < -0.3 is 15.3 Å². The number of nitrogens with zero attached hydrogens (tertiary/aromatic N) is 1. The van der Waals surface area contributed by atoms with Gasteiger partial charge in [-0.05, 0) is 42.0 Å². The Kier molecular flexibility index (Phi) is 6.37. The molecule has 0 spiro atoms. The fraction of sp³-hybridized carbons (Fsp3) is 0.500. The number of hydrogen-bond donors (Lipinski definition) is 2. The predicted molar refractivity (Wildman–Crippen MR) is 100 cm³/mol. The molecule has 25 heavy (non-hydrogen) atoms. The van der Waals surface area contributed by atoms with Gasteiger partial charge in [0.05, 0.1) is 0 Å². The molecule has 0 aliphatic carbocycles. The van der Waals surface area contributed by atoms with Gasteiger partial charge in [0.1, 0.15) is 0 Å². The second-order valence-corrected chi connectivity index (χ2v) is 7.51. The first-order valence-corrected chi connectivity index (χ1v) is 8.81. The van der Waals surface area contributed by atoms with Crippen LogP contribution in [0.15, 0.2) is 30.3 Å². The van der Waals surface area contributed by atoms with Gasteiger partial charge in [-0.25, -0.2) is 0 Å². The normalized spacial score (nSPS) is 16.5. The van der Waals surface area contributed by atoms with Gasteiger partial charge in [0.2, 0.25) is 11.8 Å². The number of carbonyl (C=O) groups excluding carboxylic acids is 2. The van der Waals surface area contributed by atoms with Crippen LogP contribution in [0.4, 0.5) is 5.69 Å². The monoisotopic (exact) mass is 344 g/mol. The van der Waals surface area contributed by atoms with Crippen molar-refractivity contribution < 1.29 is 14.7 Å². The molecule has 1 saturated heterocycles. The molecule has 0 aromatic heterocycles. The maximum Gasteiger partial charge on any atom is 0.244 e. The topological polar surface area (TPSA) is 69.6 Å². The van der Waals surface area contributed by atoms with Gasteiger partial charge in [-0.3, -0.25) is 9.59 Å². The van der Waals surface area contributed by atoms with Crippen molar-refractivity contribution in [2.75, 3.05) is 18.1 Å². The van der Waals surface area contributed by atoms with Crippen molar-refractivity contribution in [3.05, 3.63) is 35.9 Å². The molecule has 1 heterocycles. The van der Waals surface area contributed by atoms with Crippen molar-refractivity contribution in [2.24, 2.45) is 5.41 Å². The van der Waals surface area contributed by atoms with Gasteiger partial charge in [0.25, 0.3) is 0 Å². The minimum absolute atomic E-state index is 0.0443. The van der Waals surface area contributed by atoms with Crippen molar-refractivity contribution in [1.29, 1.82) is 0 Å². The van der Waals surface area contributed by atoms with Gasteiger partial charge >= 0.3 is 0 Å². The van der Waals surface area contributed by atoms with Crippen LogP contribution in [-0.2, 0) is 9.59 Å². The Hall–Kier alpha value is -2.14. The Bertz CT molecular complexity index is 629. The quantitative estimate of drug-likeness (QED) is 0.780. The van der Waals surface area contributed by atoms with Crippen LogP contribution in [0.25, 0.3) is 6.08 Å². The van der Waals surface area contributed by atoms with Crippen LogP contribution in [0.1, 0.15) is 45.6 Å². The average Bonchev–Trinajstić information content (AvgIpc) is 2.98. The summed E-state index contributed by atoms with van der Waals surface area (Å²) in [6.45, 7) is 6.93. The first kappa shape index (κ1) is 19.2. The standard InChI is InChI=1S/C20H28N2O3/c1-20(2,3)17(12-14-23)21-18(24)11-8-15-6-9-16(10-7-15)22-13-4-5-19(22)25/h6-11,17,23H,4-5,12-14H2,1-3H3,(H,21,24)/b11-8+. The van der Waals surface area contributed by atoms with Gasteiger partial charge in [0, 0.05) is 37.4 Å².